The molecule has 0 atom stereocenters. The fraction of sp³-hybridized carbons (Fsp3) is 0.250. The van der Waals surface area contributed by atoms with Crippen LogP contribution in [0.5, 0.6) is 0 Å². The van der Waals surface area contributed by atoms with Crippen LogP contribution in [0.25, 0.3) is 21.3 Å². The molecule has 0 aliphatic carbocycles. The zero-order chi connectivity index (χ0) is 19.8. The van der Waals surface area contributed by atoms with Crippen molar-refractivity contribution in [1.29, 1.82) is 10.5 Å². The molecule has 1 aromatic carbocycles. The van der Waals surface area contributed by atoms with Gasteiger partial charge in [0.1, 0.15) is 16.2 Å². The molecule has 0 unspecified atom stereocenters. The van der Waals surface area contributed by atoms with Crippen molar-refractivity contribution < 1.29 is 4.79 Å². The summed E-state index contributed by atoms with van der Waals surface area (Å²) in [5, 5.41) is 21.4. The molecular weight excluding hydrogens is 390 g/mol. The minimum atomic E-state index is -0.0984. The number of hydrogen-bond donors (Lipinski definition) is 0. The maximum Gasteiger partial charge on any atom is 0.233 e. The van der Waals surface area contributed by atoms with Gasteiger partial charge in [-0.05, 0) is 5.56 Å². The minimum absolute atomic E-state index is 0.0984. The summed E-state index contributed by atoms with van der Waals surface area (Å²) in [7, 11) is 0. The molecule has 0 saturated heterocycles. The maximum atomic E-state index is 12.6. The highest BCUT2D eigenvalue weighted by atomic mass is 32.2. The van der Waals surface area contributed by atoms with E-state index in [1.165, 1.54) is 18.1 Å². The van der Waals surface area contributed by atoms with E-state index in [1.54, 1.807) is 16.2 Å². The van der Waals surface area contributed by atoms with Crippen molar-refractivity contribution in [2.24, 2.45) is 0 Å². The molecule has 0 aliphatic rings. The normalized spacial score (nSPS) is 10.4. The topological polar surface area (TPSA) is 93.7 Å². The molecule has 2 aromatic heterocycles. The lowest BCUT2D eigenvalue weighted by molar-refractivity contribution is -0.128. The van der Waals surface area contributed by atoms with E-state index >= 15 is 0 Å². The average Bonchev–Trinajstić information content (AvgIpc) is 3.17. The first-order valence-electron chi connectivity index (χ1n) is 8.66. The molecule has 0 fully saturated rings. The first-order chi connectivity index (χ1) is 13.7. The zero-order valence-corrected chi connectivity index (χ0v) is 16.7. The van der Waals surface area contributed by atoms with Gasteiger partial charge in [0.15, 0.2) is 0 Å². The number of fused-ring (bicyclic) bond motifs is 1. The number of thiophene rings is 1. The molecule has 6 nitrogen and oxygen atoms in total. The third kappa shape index (κ3) is 4.66. The van der Waals surface area contributed by atoms with E-state index < -0.39 is 0 Å². The molecule has 3 aromatic rings. The average molecular weight is 408 g/mol. The largest absolute Gasteiger partial charge is 0.340 e. The summed E-state index contributed by atoms with van der Waals surface area (Å²) in [5.41, 5.74) is 2.14. The molecule has 3 rings (SSSR count). The van der Waals surface area contributed by atoms with E-state index in [0.717, 1.165) is 26.4 Å². The number of rotatable bonds is 8. The maximum absolute atomic E-state index is 12.6. The SMILES string of the molecule is N#CCCN(CCC#N)C(=O)CSc1ncnc2scc(-c3ccccc3)c12. The van der Waals surface area contributed by atoms with Crippen LogP contribution in [0.3, 0.4) is 0 Å². The van der Waals surface area contributed by atoms with Crippen LogP contribution in [0.1, 0.15) is 12.8 Å². The highest BCUT2D eigenvalue weighted by molar-refractivity contribution is 8.00. The second-order valence-electron chi connectivity index (χ2n) is 5.86. The van der Waals surface area contributed by atoms with Crippen LogP contribution >= 0.6 is 23.1 Å². The summed E-state index contributed by atoms with van der Waals surface area (Å²) in [6, 6.07) is 14.1. The first-order valence-corrected chi connectivity index (χ1v) is 10.5. The molecule has 8 heteroatoms. The second-order valence-corrected chi connectivity index (χ2v) is 7.68. The van der Waals surface area contributed by atoms with Crippen molar-refractivity contribution in [2.45, 2.75) is 17.9 Å². The Morgan fingerprint density at radius 3 is 2.50 bits per heavy atom. The predicted molar refractivity (Wildman–Crippen MR) is 111 cm³/mol. The summed E-state index contributed by atoms with van der Waals surface area (Å²) in [5.74, 6) is 0.103. The molecule has 0 N–H and O–H groups in total. The molecule has 0 radical (unpaired) electrons. The van der Waals surface area contributed by atoms with Gasteiger partial charge in [0, 0.05) is 24.0 Å². The van der Waals surface area contributed by atoms with Crippen LogP contribution in [0.2, 0.25) is 0 Å². The molecule has 28 heavy (non-hydrogen) atoms. The number of nitriles is 2. The van der Waals surface area contributed by atoms with E-state index in [1.807, 2.05) is 42.5 Å². The zero-order valence-electron chi connectivity index (χ0n) is 15.0. The number of thioether (sulfide) groups is 1. The van der Waals surface area contributed by atoms with Crippen LogP contribution < -0.4 is 0 Å². The number of aromatic nitrogens is 2. The van der Waals surface area contributed by atoms with Crippen molar-refractivity contribution in [3.63, 3.8) is 0 Å². The Kier molecular flexibility index (Phi) is 6.96. The molecule has 0 spiro atoms. The van der Waals surface area contributed by atoms with E-state index in [0.29, 0.717) is 13.1 Å². The van der Waals surface area contributed by atoms with Crippen molar-refractivity contribution in [3.8, 4) is 23.3 Å². The number of carbonyl (C=O) groups is 1. The van der Waals surface area contributed by atoms with Gasteiger partial charge in [-0.2, -0.15) is 10.5 Å². The van der Waals surface area contributed by atoms with Crippen molar-refractivity contribution in [3.05, 3.63) is 42.0 Å². The summed E-state index contributed by atoms with van der Waals surface area (Å²) >= 11 is 2.92. The van der Waals surface area contributed by atoms with Crippen LogP contribution in [0.4, 0.5) is 0 Å². The highest BCUT2D eigenvalue weighted by Gasteiger charge is 2.17. The van der Waals surface area contributed by atoms with Crippen LogP contribution in [0.15, 0.2) is 47.1 Å². The van der Waals surface area contributed by atoms with Gasteiger partial charge in [0.05, 0.1) is 36.1 Å². The van der Waals surface area contributed by atoms with Crippen LogP contribution in [0, 0.1) is 22.7 Å². The lowest BCUT2D eigenvalue weighted by Gasteiger charge is -2.20. The molecule has 2 heterocycles. The first kappa shape index (κ1) is 19.8. The third-order valence-corrected chi connectivity index (χ3v) is 5.95. The van der Waals surface area contributed by atoms with Crippen LogP contribution in [-0.4, -0.2) is 39.6 Å². The number of hydrogen-bond acceptors (Lipinski definition) is 7. The standard InChI is InChI=1S/C20H17N5OS2/c21-8-4-10-25(11-5-9-22)17(26)13-28-20-18-16(15-6-2-1-3-7-15)12-27-19(18)23-14-24-20/h1-3,6-7,12,14H,4-5,10-11,13H2. The minimum Gasteiger partial charge on any atom is -0.340 e. The van der Waals surface area contributed by atoms with Crippen molar-refractivity contribution >= 4 is 39.2 Å². The fourth-order valence-electron chi connectivity index (χ4n) is 2.74. The van der Waals surface area contributed by atoms with Gasteiger partial charge < -0.3 is 4.90 Å². The Morgan fingerprint density at radius 1 is 1.11 bits per heavy atom. The van der Waals surface area contributed by atoms with E-state index in [9.17, 15) is 4.79 Å². The van der Waals surface area contributed by atoms with Crippen LogP contribution in [-0.2, 0) is 4.79 Å². The van der Waals surface area contributed by atoms with E-state index in [2.05, 4.69) is 15.3 Å². The molecular formula is C20H17N5OS2. The van der Waals surface area contributed by atoms with E-state index in [4.69, 9.17) is 10.5 Å². The highest BCUT2D eigenvalue weighted by Crippen LogP contribution is 2.37. The lowest BCUT2D eigenvalue weighted by Crippen LogP contribution is -2.34. The Bertz CT molecular complexity index is 1020. The third-order valence-electron chi connectivity index (χ3n) is 4.09. The molecule has 1 amide bonds. The quantitative estimate of drug-likeness (QED) is 0.412. The Morgan fingerprint density at radius 2 is 1.82 bits per heavy atom. The summed E-state index contributed by atoms with van der Waals surface area (Å²) in [6.45, 7) is 0.676. The van der Waals surface area contributed by atoms with Gasteiger partial charge in [-0.3, -0.25) is 4.79 Å². The number of amides is 1. The number of nitrogens with zero attached hydrogens (tertiary/aromatic N) is 5. The summed E-state index contributed by atoms with van der Waals surface area (Å²) in [4.78, 5) is 23.8. The molecule has 0 bridgehead atoms. The summed E-state index contributed by atoms with van der Waals surface area (Å²) in [6.07, 6.45) is 2.02. The Hall–Kier alpha value is -2.94. The lowest BCUT2D eigenvalue weighted by atomic mass is 10.1. The molecule has 0 aliphatic heterocycles. The monoisotopic (exact) mass is 407 g/mol. The van der Waals surface area contributed by atoms with Gasteiger partial charge in [-0.25, -0.2) is 9.97 Å². The van der Waals surface area contributed by atoms with Gasteiger partial charge in [0.2, 0.25) is 5.91 Å². The number of carbonyl (C=O) groups excluding carboxylic acids is 1. The van der Waals surface area contributed by atoms with Crippen molar-refractivity contribution in [2.75, 3.05) is 18.8 Å². The second kappa shape index (κ2) is 9.84. The molecule has 140 valence electrons. The smallest absolute Gasteiger partial charge is 0.233 e. The fourth-order valence-corrected chi connectivity index (χ4v) is 4.64. The number of benzene rings is 1. The summed E-state index contributed by atoms with van der Waals surface area (Å²) < 4.78 is 0. The predicted octanol–water partition coefficient (Wildman–Crippen LogP) is 4.11. The van der Waals surface area contributed by atoms with Crippen molar-refractivity contribution in [1.82, 2.24) is 14.9 Å². The van der Waals surface area contributed by atoms with Gasteiger partial charge in [0.25, 0.3) is 0 Å². The molecule has 0 saturated carbocycles. The Labute approximate surface area is 171 Å². The van der Waals surface area contributed by atoms with Gasteiger partial charge in [-0.1, -0.05) is 42.1 Å². The van der Waals surface area contributed by atoms with Gasteiger partial charge >= 0.3 is 0 Å². The Balaban J connectivity index is 1.80. The van der Waals surface area contributed by atoms with Gasteiger partial charge in [-0.15, -0.1) is 11.3 Å². The van der Waals surface area contributed by atoms with E-state index in [-0.39, 0.29) is 24.5 Å².